The van der Waals surface area contributed by atoms with E-state index < -0.39 is 35.6 Å². The molecular formula is C24H19O4-. The lowest BCUT2D eigenvalue weighted by molar-refractivity contribution is -0.317. The van der Waals surface area contributed by atoms with Gasteiger partial charge in [-0.1, -0.05) is 78.9 Å². The van der Waals surface area contributed by atoms with Crippen LogP contribution in [0.5, 0.6) is 5.75 Å². The van der Waals surface area contributed by atoms with Crippen molar-refractivity contribution in [3.63, 3.8) is 0 Å². The zero-order valence-electron chi connectivity index (χ0n) is 15.1. The van der Waals surface area contributed by atoms with Crippen LogP contribution in [0, 0.1) is 11.8 Å². The van der Waals surface area contributed by atoms with E-state index in [2.05, 4.69) is 0 Å². The molecule has 1 saturated carbocycles. The SMILES string of the molecule is O=C([O-])C1[C@@H](c2ccccc2)C(C(=O)Oc2ccccc2)[C@@H]1c1ccccc1. The third-order valence-corrected chi connectivity index (χ3v) is 5.42. The molecule has 1 fully saturated rings. The molecule has 3 aromatic rings. The number of hydrogen-bond acceptors (Lipinski definition) is 4. The molecule has 4 nitrogen and oxygen atoms in total. The molecule has 0 heterocycles. The second-order valence-electron chi connectivity index (χ2n) is 6.98. The Labute approximate surface area is 163 Å². The summed E-state index contributed by atoms with van der Waals surface area (Å²) in [6.07, 6.45) is 0. The predicted octanol–water partition coefficient (Wildman–Crippen LogP) is 3.16. The molecular weight excluding hydrogens is 352 g/mol. The summed E-state index contributed by atoms with van der Waals surface area (Å²) >= 11 is 0. The topological polar surface area (TPSA) is 66.4 Å². The molecule has 3 aromatic carbocycles. The quantitative estimate of drug-likeness (QED) is 0.510. The predicted molar refractivity (Wildman–Crippen MR) is 102 cm³/mol. The van der Waals surface area contributed by atoms with Crippen molar-refractivity contribution in [3.8, 4) is 5.75 Å². The molecule has 0 amide bonds. The molecule has 0 aromatic heterocycles. The summed E-state index contributed by atoms with van der Waals surface area (Å²) < 4.78 is 5.60. The number of rotatable bonds is 5. The van der Waals surface area contributed by atoms with Crippen LogP contribution < -0.4 is 9.84 Å². The lowest BCUT2D eigenvalue weighted by Gasteiger charge is -2.51. The smallest absolute Gasteiger partial charge is 0.315 e. The summed E-state index contributed by atoms with van der Waals surface area (Å²) in [6, 6.07) is 27.3. The van der Waals surface area contributed by atoms with Crippen LogP contribution in [0.25, 0.3) is 0 Å². The fourth-order valence-electron chi connectivity index (χ4n) is 4.19. The van der Waals surface area contributed by atoms with E-state index in [4.69, 9.17) is 4.74 Å². The first kappa shape index (κ1) is 18.0. The van der Waals surface area contributed by atoms with Gasteiger partial charge in [-0.15, -0.1) is 0 Å². The van der Waals surface area contributed by atoms with Gasteiger partial charge >= 0.3 is 5.97 Å². The third kappa shape index (κ3) is 3.29. The van der Waals surface area contributed by atoms with Crippen LogP contribution in [-0.2, 0) is 9.59 Å². The lowest BCUT2D eigenvalue weighted by atomic mass is 9.52. The highest BCUT2D eigenvalue weighted by molar-refractivity contribution is 5.85. The van der Waals surface area contributed by atoms with Gasteiger partial charge in [0.1, 0.15) is 5.75 Å². The molecule has 28 heavy (non-hydrogen) atoms. The van der Waals surface area contributed by atoms with E-state index >= 15 is 0 Å². The van der Waals surface area contributed by atoms with Gasteiger partial charge in [-0.25, -0.2) is 0 Å². The Morgan fingerprint density at radius 1 is 0.643 bits per heavy atom. The van der Waals surface area contributed by atoms with Crippen LogP contribution in [0.4, 0.5) is 0 Å². The maximum atomic E-state index is 13.1. The second kappa shape index (κ2) is 7.69. The van der Waals surface area contributed by atoms with Crippen molar-refractivity contribution in [2.24, 2.45) is 11.8 Å². The van der Waals surface area contributed by atoms with E-state index in [-0.39, 0.29) is 0 Å². The number of ether oxygens (including phenoxy) is 1. The molecule has 0 N–H and O–H groups in total. The fourth-order valence-corrected chi connectivity index (χ4v) is 4.19. The molecule has 0 saturated heterocycles. The van der Waals surface area contributed by atoms with Gasteiger partial charge in [-0.2, -0.15) is 0 Å². The minimum absolute atomic E-state index is 0.425. The van der Waals surface area contributed by atoms with E-state index in [9.17, 15) is 14.7 Å². The first-order valence-electron chi connectivity index (χ1n) is 9.24. The second-order valence-corrected chi connectivity index (χ2v) is 6.98. The number of carboxylic acid groups (broad SMARTS) is 1. The number of carboxylic acids is 1. The van der Waals surface area contributed by atoms with E-state index in [1.165, 1.54) is 0 Å². The zero-order valence-corrected chi connectivity index (χ0v) is 15.1. The first-order chi connectivity index (χ1) is 13.7. The monoisotopic (exact) mass is 371 g/mol. The number of aliphatic carboxylic acids is 1. The average molecular weight is 371 g/mol. The van der Waals surface area contributed by atoms with Gasteiger partial charge in [0, 0.05) is 23.7 Å². The summed E-state index contributed by atoms with van der Waals surface area (Å²) in [7, 11) is 0. The first-order valence-corrected chi connectivity index (χ1v) is 9.24. The average Bonchev–Trinajstić information content (AvgIpc) is 2.69. The summed E-state index contributed by atoms with van der Waals surface area (Å²) in [5.74, 6) is -3.51. The molecule has 0 bridgehead atoms. The molecule has 2 atom stereocenters. The van der Waals surface area contributed by atoms with Crippen LogP contribution in [0.3, 0.4) is 0 Å². The van der Waals surface area contributed by atoms with Crippen molar-refractivity contribution in [2.45, 2.75) is 11.8 Å². The van der Waals surface area contributed by atoms with Crippen LogP contribution in [0.2, 0.25) is 0 Å². The number of carbonyl (C=O) groups is 2. The van der Waals surface area contributed by atoms with Gasteiger partial charge in [0.25, 0.3) is 0 Å². The van der Waals surface area contributed by atoms with Crippen molar-refractivity contribution >= 4 is 11.9 Å². The van der Waals surface area contributed by atoms with Crippen molar-refractivity contribution in [3.05, 3.63) is 102 Å². The maximum Gasteiger partial charge on any atom is 0.315 e. The molecule has 0 aliphatic heterocycles. The number of benzene rings is 3. The minimum atomic E-state index is -1.15. The van der Waals surface area contributed by atoms with Crippen molar-refractivity contribution in [1.29, 1.82) is 0 Å². The molecule has 4 rings (SSSR count). The van der Waals surface area contributed by atoms with Crippen molar-refractivity contribution < 1.29 is 19.4 Å². The minimum Gasteiger partial charge on any atom is -0.550 e. The maximum absolute atomic E-state index is 13.1. The number of carbonyl (C=O) groups excluding carboxylic acids is 2. The van der Waals surface area contributed by atoms with Gasteiger partial charge in [-0.05, 0) is 23.3 Å². The van der Waals surface area contributed by atoms with E-state index in [1.807, 2.05) is 66.7 Å². The van der Waals surface area contributed by atoms with E-state index in [0.29, 0.717) is 5.75 Å². The van der Waals surface area contributed by atoms with Gasteiger partial charge in [-0.3, -0.25) is 4.79 Å². The Morgan fingerprint density at radius 3 is 1.50 bits per heavy atom. The van der Waals surface area contributed by atoms with Gasteiger partial charge in [0.15, 0.2) is 0 Å². The molecule has 1 aliphatic carbocycles. The highest BCUT2D eigenvalue weighted by atomic mass is 16.5. The molecule has 1 aliphatic rings. The largest absolute Gasteiger partial charge is 0.550 e. The van der Waals surface area contributed by atoms with Gasteiger partial charge in [0.05, 0.1) is 5.92 Å². The molecule has 4 heteroatoms. The van der Waals surface area contributed by atoms with Crippen LogP contribution in [0.15, 0.2) is 91.0 Å². The number of esters is 1. The van der Waals surface area contributed by atoms with Gasteiger partial charge < -0.3 is 14.6 Å². The van der Waals surface area contributed by atoms with Crippen LogP contribution in [-0.4, -0.2) is 11.9 Å². The molecule has 140 valence electrons. The highest BCUT2D eigenvalue weighted by Crippen LogP contribution is 2.57. The fraction of sp³-hybridized carbons (Fsp3) is 0.167. The molecule has 0 radical (unpaired) electrons. The Kier molecular flexibility index (Phi) is 4.94. The standard InChI is InChI=1S/C24H20O4/c25-23(26)21-19(16-10-4-1-5-11-16)22(20(21)17-12-6-2-7-13-17)24(27)28-18-14-8-3-9-15-18/h1-15,19-22H,(H,25,26)/p-1/t19-,20-,21?,22?/m1/s1. The summed E-state index contributed by atoms with van der Waals surface area (Å²) in [5.41, 5.74) is 1.61. The Hall–Kier alpha value is -3.40. The van der Waals surface area contributed by atoms with Crippen molar-refractivity contribution in [1.82, 2.24) is 0 Å². The Morgan fingerprint density at radius 2 is 1.07 bits per heavy atom. The van der Waals surface area contributed by atoms with E-state index in [0.717, 1.165) is 11.1 Å². The summed E-state index contributed by atoms with van der Waals surface area (Å²) in [4.78, 5) is 25.1. The Bertz CT molecular complexity index is 906. The normalized spacial score (nSPS) is 23.4. The van der Waals surface area contributed by atoms with Crippen molar-refractivity contribution in [2.75, 3.05) is 0 Å². The molecule has 0 spiro atoms. The van der Waals surface area contributed by atoms with Gasteiger partial charge in [0.2, 0.25) is 0 Å². The highest BCUT2D eigenvalue weighted by Gasteiger charge is 2.56. The van der Waals surface area contributed by atoms with Crippen LogP contribution >= 0.6 is 0 Å². The molecule has 0 unspecified atom stereocenters. The lowest BCUT2D eigenvalue weighted by Crippen LogP contribution is -2.55. The zero-order chi connectivity index (χ0) is 19.5. The number of para-hydroxylation sites is 1. The van der Waals surface area contributed by atoms with Crippen LogP contribution in [0.1, 0.15) is 23.0 Å². The van der Waals surface area contributed by atoms with E-state index in [1.54, 1.807) is 24.3 Å². The number of hydrogen-bond donors (Lipinski definition) is 0. The Balaban J connectivity index is 1.73. The summed E-state index contributed by atoms with van der Waals surface area (Å²) in [6.45, 7) is 0. The third-order valence-electron chi connectivity index (χ3n) is 5.42. The summed E-state index contributed by atoms with van der Waals surface area (Å²) in [5, 5.41) is 12.0.